The van der Waals surface area contributed by atoms with Gasteiger partial charge in [0.2, 0.25) is 0 Å². The molecule has 0 bridgehead atoms. The molecule has 0 saturated carbocycles. The zero-order valence-electron chi connectivity index (χ0n) is 52.7. The van der Waals surface area contributed by atoms with Crippen molar-refractivity contribution in [2.45, 2.75) is 96.3 Å². The Bertz CT molecular complexity index is 5870. The molecule has 20 rings (SSSR count). The number of anilines is 3. The highest BCUT2D eigenvalue weighted by Gasteiger charge is 2.50. The molecule has 91 heavy (non-hydrogen) atoms. The Labute approximate surface area is 528 Å². The van der Waals surface area contributed by atoms with E-state index in [9.17, 15) is 0 Å². The molecule has 0 amide bonds. The number of hydrogen-bond donors (Lipinski definition) is 0. The molecule has 5 nitrogen and oxygen atoms in total. The van der Waals surface area contributed by atoms with Gasteiger partial charge >= 0.3 is 0 Å². The minimum atomic E-state index is -0.393. The van der Waals surface area contributed by atoms with E-state index in [0.29, 0.717) is 0 Å². The first-order valence-electron chi connectivity index (χ1n) is 32.3. The topological polar surface area (TPSA) is 55.6 Å². The number of pyridine rings is 1. The molecule has 4 heterocycles. The summed E-state index contributed by atoms with van der Waals surface area (Å²) in [6.45, 7) is 24.3. The quantitative estimate of drug-likeness (QED) is 0.176. The molecule has 0 saturated heterocycles. The highest BCUT2D eigenvalue weighted by molar-refractivity contribution is 6.22. The second kappa shape index (κ2) is 16.8. The summed E-state index contributed by atoms with van der Waals surface area (Å²) >= 11 is 0. The van der Waals surface area contributed by atoms with Crippen molar-refractivity contribution >= 4 is 82.9 Å². The maximum Gasteiger partial charge on any atom is 0.145 e. The van der Waals surface area contributed by atoms with Crippen molar-refractivity contribution in [1.82, 2.24) is 4.98 Å². The van der Waals surface area contributed by atoms with Crippen LogP contribution in [0.1, 0.15) is 125 Å². The van der Waals surface area contributed by atoms with Crippen molar-refractivity contribution in [3.05, 3.63) is 262 Å². The van der Waals surface area contributed by atoms with Crippen LogP contribution in [0.5, 0.6) is 0 Å². The Hall–Kier alpha value is -10.2. The van der Waals surface area contributed by atoms with Crippen molar-refractivity contribution in [3.8, 4) is 66.9 Å². The minimum absolute atomic E-state index is 0.218. The maximum atomic E-state index is 7.11. The van der Waals surface area contributed by atoms with Gasteiger partial charge in [-0.2, -0.15) is 0 Å². The first kappa shape index (κ1) is 51.6. The van der Waals surface area contributed by atoms with Crippen LogP contribution in [0.4, 0.5) is 17.1 Å². The first-order valence-corrected chi connectivity index (χ1v) is 32.3. The summed E-state index contributed by atoms with van der Waals surface area (Å²) in [6.07, 6.45) is 1.88. The monoisotopic (exact) mass is 1170 g/mol. The fourth-order valence-corrected chi connectivity index (χ4v) is 18.4. The number of rotatable bonds is 4. The van der Waals surface area contributed by atoms with E-state index in [4.69, 9.17) is 18.2 Å². The third-order valence-electron chi connectivity index (χ3n) is 22.8. The summed E-state index contributed by atoms with van der Waals surface area (Å²) in [5.74, 6) is 0. The lowest BCUT2D eigenvalue weighted by Gasteiger charge is -2.32. The second-order valence-electron chi connectivity index (χ2n) is 29.3. The predicted molar refractivity (Wildman–Crippen MR) is 374 cm³/mol. The molecule has 11 aromatic carbocycles. The van der Waals surface area contributed by atoms with Gasteiger partial charge in [-0.25, -0.2) is 0 Å². The Morgan fingerprint density at radius 3 is 1.43 bits per heavy atom. The van der Waals surface area contributed by atoms with Crippen LogP contribution in [-0.2, 0) is 27.1 Å². The Morgan fingerprint density at radius 1 is 0.286 bits per heavy atom. The van der Waals surface area contributed by atoms with Crippen LogP contribution in [0, 0.1) is 0 Å². The molecule has 0 fully saturated rings. The number of aromatic nitrogens is 1. The standard InChI is InChI=1S/C86H64N2O3/c1-82(2)59-36-37-70-73(52-22-12-16-27-67(52)89-70)72(59)56-43-63-55(42-64(56)82)48-33-30-45(39-60(48)83(63,3)4)88(46-31-34-50-61(40-46)84(5,6)65-44-57(66-26-19-20-38-87-66)80-75(71(50)65)53-23-13-17-28-68(53)90-80)47-32-35-51-62(41-47)86(9,10)78-74(51)76-54-24-14-18-29-69(54)91-81(76)77-49-21-11-15-25-58(49)85(7,8)79(77)78/h11-44H,1-10H3. The number of benzene rings is 11. The third kappa shape index (κ3) is 6.25. The van der Waals surface area contributed by atoms with Crippen LogP contribution in [0.2, 0.25) is 0 Å². The van der Waals surface area contributed by atoms with E-state index in [0.717, 1.165) is 78.0 Å². The molecule has 0 aliphatic heterocycles. The van der Waals surface area contributed by atoms with Gasteiger partial charge in [0, 0.05) is 93.8 Å². The SMILES string of the molecule is CC1(C)c2cc(N(c3ccc4c(c3)C(C)(C)c3cc(-c5ccccn5)c5oc6ccccc6c5c3-4)c3ccc4c(c3)C(C)(C)c3c5c(c6oc7ccccc7c6c3-4)-c3ccccc3C5(C)C)ccc2-c2cc3c(cc21)-c1c(ccc2oc4ccccc4c12)C3(C)C. The Morgan fingerprint density at radius 2 is 0.747 bits per heavy atom. The highest BCUT2D eigenvalue weighted by Crippen LogP contribution is 2.65. The van der Waals surface area contributed by atoms with Crippen molar-refractivity contribution in [2.75, 3.05) is 4.90 Å². The molecule has 0 radical (unpaired) electrons. The van der Waals surface area contributed by atoms with Crippen molar-refractivity contribution in [1.29, 1.82) is 0 Å². The number of fused-ring (bicyclic) bond motifs is 29. The van der Waals surface area contributed by atoms with E-state index in [1.807, 2.05) is 12.3 Å². The molecule has 0 spiro atoms. The molecule has 4 aromatic heterocycles. The molecule has 0 atom stereocenters. The summed E-state index contributed by atoms with van der Waals surface area (Å²) < 4.78 is 20.6. The minimum Gasteiger partial charge on any atom is -0.456 e. The van der Waals surface area contributed by atoms with Crippen LogP contribution >= 0.6 is 0 Å². The third-order valence-corrected chi connectivity index (χ3v) is 22.8. The molecule has 5 aliphatic carbocycles. The van der Waals surface area contributed by atoms with Crippen LogP contribution in [0.3, 0.4) is 0 Å². The van der Waals surface area contributed by atoms with E-state index < -0.39 is 10.8 Å². The van der Waals surface area contributed by atoms with E-state index in [-0.39, 0.29) is 16.2 Å². The van der Waals surface area contributed by atoms with E-state index in [1.54, 1.807) is 0 Å². The van der Waals surface area contributed by atoms with Crippen molar-refractivity contribution in [2.24, 2.45) is 0 Å². The molecule has 5 aliphatic rings. The predicted octanol–water partition coefficient (Wildman–Crippen LogP) is 23.4. The number of furan rings is 3. The summed E-state index contributed by atoms with van der Waals surface area (Å²) in [5, 5.41) is 7.01. The van der Waals surface area contributed by atoms with Gasteiger partial charge in [-0.15, -0.1) is 0 Å². The van der Waals surface area contributed by atoms with Gasteiger partial charge in [0.05, 0.1) is 5.69 Å². The Kier molecular flexibility index (Phi) is 9.52. The molecule has 0 N–H and O–H groups in total. The lowest BCUT2D eigenvalue weighted by Crippen LogP contribution is -2.24. The lowest BCUT2D eigenvalue weighted by atomic mass is 9.72. The first-order chi connectivity index (χ1) is 43.9. The van der Waals surface area contributed by atoms with Crippen molar-refractivity contribution in [3.63, 3.8) is 0 Å². The van der Waals surface area contributed by atoms with Gasteiger partial charge in [0.1, 0.15) is 33.5 Å². The smallest absolute Gasteiger partial charge is 0.145 e. The molecule has 436 valence electrons. The van der Waals surface area contributed by atoms with Gasteiger partial charge in [0.15, 0.2) is 0 Å². The summed E-state index contributed by atoms with van der Waals surface area (Å²) in [5.41, 5.74) is 35.3. The molecule has 0 unspecified atom stereocenters. The van der Waals surface area contributed by atoms with Gasteiger partial charge in [-0.1, -0.05) is 178 Å². The van der Waals surface area contributed by atoms with Gasteiger partial charge in [-0.05, 0) is 197 Å². The second-order valence-corrected chi connectivity index (χ2v) is 29.3. The molecule has 15 aromatic rings. The van der Waals surface area contributed by atoms with Crippen LogP contribution < -0.4 is 4.90 Å². The zero-order valence-corrected chi connectivity index (χ0v) is 52.7. The van der Waals surface area contributed by atoms with Gasteiger partial charge < -0.3 is 18.2 Å². The summed E-state index contributed by atoms with van der Waals surface area (Å²) in [6, 6.07) is 74.9. The summed E-state index contributed by atoms with van der Waals surface area (Å²) in [4.78, 5) is 7.49. The normalized spacial score (nSPS) is 16.5. The molecular weight excluding hydrogens is 1110 g/mol. The average molecular weight is 1170 g/mol. The Balaban J connectivity index is 0.807. The summed E-state index contributed by atoms with van der Waals surface area (Å²) in [7, 11) is 0. The average Bonchev–Trinajstić information content (AvgIpc) is 1.51. The van der Waals surface area contributed by atoms with Crippen LogP contribution in [0.15, 0.2) is 220 Å². The largest absolute Gasteiger partial charge is 0.456 e. The lowest BCUT2D eigenvalue weighted by molar-refractivity contribution is 0.600. The van der Waals surface area contributed by atoms with Crippen molar-refractivity contribution < 1.29 is 13.3 Å². The molecule has 5 heteroatoms. The number of para-hydroxylation sites is 3. The van der Waals surface area contributed by atoms with E-state index >= 15 is 0 Å². The van der Waals surface area contributed by atoms with Crippen LogP contribution in [0.25, 0.3) is 133 Å². The molecular formula is C86H64N2O3. The van der Waals surface area contributed by atoms with Gasteiger partial charge in [0.25, 0.3) is 0 Å². The number of hydrogen-bond acceptors (Lipinski definition) is 5. The van der Waals surface area contributed by atoms with E-state index in [1.165, 1.54) is 127 Å². The maximum absolute atomic E-state index is 7.11. The van der Waals surface area contributed by atoms with E-state index in [2.05, 4.69) is 268 Å². The zero-order chi connectivity index (χ0) is 61.3. The van der Waals surface area contributed by atoms with Crippen LogP contribution in [-0.4, -0.2) is 4.98 Å². The fourth-order valence-electron chi connectivity index (χ4n) is 18.4. The fraction of sp³-hybridized carbons (Fsp3) is 0.174. The van der Waals surface area contributed by atoms with Gasteiger partial charge in [-0.3, -0.25) is 4.98 Å². The number of nitrogens with zero attached hydrogens (tertiary/aromatic N) is 2. The highest BCUT2D eigenvalue weighted by atomic mass is 16.3.